The first-order chi connectivity index (χ1) is 8.79. The minimum atomic E-state index is -1.04. The third kappa shape index (κ3) is 3.70. The molecule has 0 aromatic carbocycles. The van der Waals surface area contributed by atoms with Crippen molar-refractivity contribution >= 4 is 12.0 Å². The maximum atomic E-state index is 12.5. The Bertz CT molecular complexity index is 362. The molecule has 108 valence electrons. The Morgan fingerprint density at radius 1 is 1.53 bits per heavy atom. The lowest BCUT2D eigenvalue weighted by Gasteiger charge is -2.41. The zero-order chi connectivity index (χ0) is 14.6. The molecule has 19 heavy (non-hydrogen) atoms. The number of ether oxygens (including phenoxy) is 1. The summed E-state index contributed by atoms with van der Waals surface area (Å²) in [4.78, 5) is 26.7. The second-order valence-electron chi connectivity index (χ2n) is 5.48. The lowest BCUT2D eigenvalue weighted by molar-refractivity contribution is -0.147. The monoisotopic (exact) mass is 270 g/mol. The van der Waals surface area contributed by atoms with Crippen molar-refractivity contribution in [3.63, 3.8) is 0 Å². The standard InChI is InChI=1S/C13H22N2O4/c1-5-6-15(13(2,3)4)12(18)14-7-8-19-9-10(14)11(16)17/h5,10H,1,6-9H2,2-4H3,(H,16,17). The van der Waals surface area contributed by atoms with Crippen LogP contribution < -0.4 is 0 Å². The molecule has 0 spiro atoms. The summed E-state index contributed by atoms with van der Waals surface area (Å²) in [7, 11) is 0. The number of nitrogens with zero attached hydrogens (tertiary/aromatic N) is 2. The molecular weight excluding hydrogens is 248 g/mol. The highest BCUT2D eigenvalue weighted by molar-refractivity contribution is 5.83. The van der Waals surface area contributed by atoms with Crippen molar-refractivity contribution < 1.29 is 19.4 Å². The molecule has 1 fully saturated rings. The molecule has 0 aromatic heterocycles. The first-order valence-electron chi connectivity index (χ1n) is 6.28. The van der Waals surface area contributed by atoms with E-state index in [0.29, 0.717) is 19.7 Å². The molecule has 1 rings (SSSR count). The molecule has 1 saturated heterocycles. The minimum Gasteiger partial charge on any atom is -0.480 e. The fraction of sp³-hybridized carbons (Fsp3) is 0.692. The molecule has 1 heterocycles. The van der Waals surface area contributed by atoms with Crippen LogP contribution in [0.4, 0.5) is 4.79 Å². The van der Waals surface area contributed by atoms with Gasteiger partial charge < -0.3 is 19.6 Å². The van der Waals surface area contributed by atoms with E-state index in [1.165, 1.54) is 4.90 Å². The third-order valence-electron chi connectivity index (χ3n) is 3.01. The number of hydrogen-bond acceptors (Lipinski definition) is 3. The van der Waals surface area contributed by atoms with Gasteiger partial charge in [-0.1, -0.05) is 6.08 Å². The number of rotatable bonds is 3. The number of carboxylic acid groups (broad SMARTS) is 1. The van der Waals surface area contributed by atoms with Crippen molar-refractivity contribution in [1.29, 1.82) is 0 Å². The number of amides is 2. The van der Waals surface area contributed by atoms with E-state index in [1.807, 2.05) is 20.8 Å². The molecule has 6 heteroatoms. The quantitative estimate of drug-likeness (QED) is 0.782. The van der Waals surface area contributed by atoms with Crippen LogP contribution in [0.25, 0.3) is 0 Å². The highest BCUT2D eigenvalue weighted by atomic mass is 16.5. The molecule has 0 saturated carbocycles. The first kappa shape index (κ1) is 15.5. The van der Waals surface area contributed by atoms with Crippen LogP contribution in [-0.4, -0.2) is 64.8 Å². The largest absolute Gasteiger partial charge is 0.480 e. The van der Waals surface area contributed by atoms with Crippen molar-refractivity contribution in [1.82, 2.24) is 9.80 Å². The van der Waals surface area contributed by atoms with Gasteiger partial charge in [-0.25, -0.2) is 9.59 Å². The van der Waals surface area contributed by atoms with Gasteiger partial charge in [-0.05, 0) is 20.8 Å². The zero-order valence-corrected chi connectivity index (χ0v) is 11.8. The van der Waals surface area contributed by atoms with Crippen molar-refractivity contribution in [3.8, 4) is 0 Å². The lowest BCUT2D eigenvalue weighted by atomic mass is 10.1. The summed E-state index contributed by atoms with van der Waals surface area (Å²) < 4.78 is 5.14. The average molecular weight is 270 g/mol. The molecule has 1 N–H and O–H groups in total. The van der Waals surface area contributed by atoms with E-state index in [1.54, 1.807) is 11.0 Å². The third-order valence-corrected chi connectivity index (χ3v) is 3.01. The average Bonchev–Trinajstić information content (AvgIpc) is 2.33. The van der Waals surface area contributed by atoms with Gasteiger partial charge in [-0.2, -0.15) is 0 Å². The zero-order valence-electron chi connectivity index (χ0n) is 11.8. The van der Waals surface area contributed by atoms with Crippen molar-refractivity contribution in [2.75, 3.05) is 26.3 Å². The topological polar surface area (TPSA) is 70.1 Å². The summed E-state index contributed by atoms with van der Waals surface area (Å²) in [5.74, 6) is -1.04. The molecule has 1 aliphatic heterocycles. The van der Waals surface area contributed by atoms with Gasteiger partial charge in [-0.15, -0.1) is 6.58 Å². The Morgan fingerprint density at radius 2 is 2.16 bits per heavy atom. The summed E-state index contributed by atoms with van der Waals surface area (Å²) in [6.07, 6.45) is 1.64. The highest BCUT2D eigenvalue weighted by Gasteiger charge is 2.37. The van der Waals surface area contributed by atoms with Crippen LogP contribution in [0, 0.1) is 0 Å². The fourth-order valence-electron chi connectivity index (χ4n) is 1.96. The van der Waals surface area contributed by atoms with Gasteiger partial charge >= 0.3 is 12.0 Å². The molecular formula is C13H22N2O4. The van der Waals surface area contributed by atoms with Gasteiger partial charge in [0.2, 0.25) is 0 Å². The number of hydrogen-bond donors (Lipinski definition) is 1. The predicted molar refractivity (Wildman–Crippen MR) is 71.0 cm³/mol. The Balaban J connectivity index is 2.93. The number of carboxylic acids is 1. The van der Waals surface area contributed by atoms with Crippen molar-refractivity contribution in [3.05, 3.63) is 12.7 Å². The second kappa shape index (κ2) is 6.06. The Labute approximate surface area is 113 Å². The van der Waals surface area contributed by atoms with Crippen LogP contribution in [-0.2, 0) is 9.53 Å². The van der Waals surface area contributed by atoms with Crippen molar-refractivity contribution in [2.45, 2.75) is 32.4 Å². The second-order valence-corrected chi connectivity index (χ2v) is 5.48. The maximum absolute atomic E-state index is 12.5. The first-order valence-corrected chi connectivity index (χ1v) is 6.28. The van der Waals surface area contributed by atoms with E-state index in [0.717, 1.165) is 0 Å². The normalized spacial score (nSPS) is 19.9. The number of carbonyl (C=O) groups is 2. The van der Waals surface area contributed by atoms with Crippen LogP contribution in [0.15, 0.2) is 12.7 Å². The van der Waals surface area contributed by atoms with Crippen LogP contribution in [0.3, 0.4) is 0 Å². The number of morpholine rings is 1. The molecule has 1 aliphatic rings. The number of urea groups is 1. The van der Waals surface area contributed by atoms with E-state index in [9.17, 15) is 9.59 Å². The predicted octanol–water partition coefficient (Wildman–Crippen LogP) is 1.18. The van der Waals surface area contributed by atoms with Crippen LogP contribution in [0.5, 0.6) is 0 Å². The van der Waals surface area contributed by atoms with Gasteiger partial charge in [-0.3, -0.25) is 0 Å². The number of carbonyl (C=O) groups excluding carboxylic acids is 1. The van der Waals surface area contributed by atoms with E-state index in [2.05, 4.69) is 6.58 Å². The Hall–Kier alpha value is -1.56. The summed E-state index contributed by atoms with van der Waals surface area (Å²) in [6, 6.07) is -1.21. The maximum Gasteiger partial charge on any atom is 0.328 e. The number of aliphatic carboxylic acids is 1. The molecule has 6 nitrogen and oxygen atoms in total. The smallest absolute Gasteiger partial charge is 0.328 e. The van der Waals surface area contributed by atoms with Gasteiger partial charge in [0, 0.05) is 18.6 Å². The molecule has 0 aliphatic carbocycles. The summed E-state index contributed by atoms with van der Waals surface area (Å²) in [5.41, 5.74) is -0.396. The van der Waals surface area contributed by atoms with E-state index >= 15 is 0 Å². The van der Waals surface area contributed by atoms with Gasteiger partial charge in [0.05, 0.1) is 13.2 Å². The molecule has 2 amide bonds. The Kier molecular flexibility index (Phi) is 4.94. The van der Waals surface area contributed by atoms with Crippen molar-refractivity contribution in [2.24, 2.45) is 0 Å². The molecule has 0 radical (unpaired) electrons. The fourth-order valence-corrected chi connectivity index (χ4v) is 1.96. The molecule has 0 aromatic rings. The van der Waals surface area contributed by atoms with Gasteiger partial charge in [0.1, 0.15) is 0 Å². The summed E-state index contributed by atoms with van der Waals surface area (Å²) in [6.45, 7) is 10.4. The lowest BCUT2D eigenvalue weighted by Crippen LogP contribution is -2.59. The molecule has 1 atom stereocenters. The Morgan fingerprint density at radius 3 is 2.63 bits per heavy atom. The van der Waals surface area contributed by atoms with Crippen LogP contribution >= 0.6 is 0 Å². The summed E-state index contributed by atoms with van der Waals surface area (Å²) >= 11 is 0. The summed E-state index contributed by atoms with van der Waals surface area (Å²) in [5, 5.41) is 9.16. The van der Waals surface area contributed by atoms with Crippen LogP contribution in [0.1, 0.15) is 20.8 Å². The molecule has 0 bridgehead atoms. The highest BCUT2D eigenvalue weighted by Crippen LogP contribution is 2.19. The van der Waals surface area contributed by atoms with Gasteiger partial charge in [0.25, 0.3) is 0 Å². The SMILES string of the molecule is C=CCN(C(=O)N1CCOCC1C(=O)O)C(C)(C)C. The minimum absolute atomic E-state index is 0.0349. The van der Waals surface area contributed by atoms with E-state index < -0.39 is 17.6 Å². The van der Waals surface area contributed by atoms with Gasteiger partial charge in [0.15, 0.2) is 6.04 Å². The molecule has 1 unspecified atom stereocenters. The van der Waals surface area contributed by atoms with Crippen LogP contribution in [0.2, 0.25) is 0 Å². The van der Waals surface area contributed by atoms with E-state index in [-0.39, 0.29) is 12.6 Å². The van der Waals surface area contributed by atoms with E-state index in [4.69, 9.17) is 9.84 Å².